The Labute approximate surface area is 212 Å². The van der Waals surface area contributed by atoms with Gasteiger partial charge in [-0.05, 0) is 49.7 Å². The van der Waals surface area contributed by atoms with E-state index in [2.05, 4.69) is 34.6 Å². The van der Waals surface area contributed by atoms with E-state index < -0.39 is 5.97 Å². The van der Waals surface area contributed by atoms with Gasteiger partial charge in [-0.15, -0.1) is 0 Å². The topological polar surface area (TPSA) is 115 Å². The Balaban J connectivity index is 1.62. The van der Waals surface area contributed by atoms with Crippen molar-refractivity contribution in [2.24, 2.45) is 0 Å². The van der Waals surface area contributed by atoms with Crippen LogP contribution >= 0.6 is 0 Å². The molecule has 3 rings (SSSR count). The zero-order valence-corrected chi connectivity index (χ0v) is 21.2. The molecule has 0 radical (unpaired) electrons. The summed E-state index contributed by atoms with van der Waals surface area (Å²) in [6.07, 6.45) is 0.523. The smallest absolute Gasteiger partial charge is 0.338 e. The molecule has 0 aromatic heterocycles. The fourth-order valence-electron chi connectivity index (χ4n) is 4.33. The Morgan fingerprint density at radius 2 is 2.03 bits per heavy atom. The van der Waals surface area contributed by atoms with E-state index in [1.807, 2.05) is 25.0 Å². The number of nitrogens with two attached hydrogens (primary N) is 1. The molecule has 2 unspecified atom stereocenters. The van der Waals surface area contributed by atoms with E-state index in [0.29, 0.717) is 48.4 Å². The minimum atomic E-state index is -0.437. The number of hydrogen-bond donors (Lipinski definition) is 3. The summed E-state index contributed by atoms with van der Waals surface area (Å²) >= 11 is 0. The number of benzene rings is 2. The average molecular weight is 497 g/mol. The molecule has 36 heavy (non-hydrogen) atoms. The molecule has 4 N–H and O–H groups in total. The van der Waals surface area contributed by atoms with Crippen molar-refractivity contribution in [2.45, 2.75) is 38.9 Å². The summed E-state index contributed by atoms with van der Waals surface area (Å²) in [6, 6.07) is 13.6. The van der Waals surface area contributed by atoms with Crippen LogP contribution in [0, 0.1) is 0 Å². The largest absolute Gasteiger partial charge is 0.487 e. The number of hydrogen-bond acceptors (Lipinski definition) is 9. The molecule has 1 fully saturated rings. The molecule has 0 amide bonds. The van der Waals surface area contributed by atoms with Gasteiger partial charge in [-0.3, -0.25) is 4.90 Å². The van der Waals surface area contributed by atoms with Crippen molar-refractivity contribution in [1.29, 1.82) is 0 Å². The minimum Gasteiger partial charge on any atom is -0.487 e. The monoisotopic (exact) mass is 496 g/mol. The molecular weight excluding hydrogens is 460 g/mol. The van der Waals surface area contributed by atoms with Crippen LogP contribution < -0.4 is 16.4 Å². The Morgan fingerprint density at radius 1 is 1.19 bits per heavy atom. The SMILES string of the molecule is CCOC(=C=O)CC1CN(Cc2cccc(Nc3ccc(C(=O)OCCOC)cc3N)c2)CC(C)N1. The number of carbonyl (C=O) groups excluding carboxylic acids is 2. The fraction of sp³-hybridized carbons (Fsp3) is 0.444. The van der Waals surface area contributed by atoms with Gasteiger partial charge in [-0.25, -0.2) is 9.59 Å². The summed E-state index contributed by atoms with van der Waals surface area (Å²) in [5.74, 6) is 1.85. The second-order valence-electron chi connectivity index (χ2n) is 8.88. The molecule has 0 bridgehead atoms. The van der Waals surface area contributed by atoms with Crippen LogP contribution in [0.5, 0.6) is 0 Å². The molecule has 2 atom stereocenters. The number of nitrogens with zero attached hydrogens (tertiary/aromatic N) is 1. The third kappa shape index (κ3) is 8.10. The van der Waals surface area contributed by atoms with Crippen molar-refractivity contribution < 1.29 is 23.8 Å². The van der Waals surface area contributed by atoms with E-state index in [9.17, 15) is 9.59 Å². The number of esters is 1. The molecule has 194 valence electrons. The van der Waals surface area contributed by atoms with Gasteiger partial charge in [0.2, 0.25) is 0 Å². The van der Waals surface area contributed by atoms with E-state index in [-0.39, 0.29) is 12.6 Å². The Hall–Kier alpha value is -3.36. The number of anilines is 3. The lowest BCUT2D eigenvalue weighted by Crippen LogP contribution is -2.55. The third-order valence-corrected chi connectivity index (χ3v) is 5.82. The van der Waals surface area contributed by atoms with Crippen LogP contribution in [0.3, 0.4) is 0 Å². The Bertz CT molecular complexity index is 1070. The highest BCUT2D eigenvalue weighted by Crippen LogP contribution is 2.26. The molecule has 2 aromatic rings. The second-order valence-corrected chi connectivity index (χ2v) is 8.88. The van der Waals surface area contributed by atoms with Crippen LogP contribution in [0.15, 0.2) is 48.2 Å². The van der Waals surface area contributed by atoms with Gasteiger partial charge in [0.1, 0.15) is 6.61 Å². The average Bonchev–Trinajstić information content (AvgIpc) is 2.85. The third-order valence-electron chi connectivity index (χ3n) is 5.82. The first-order valence-electron chi connectivity index (χ1n) is 12.2. The molecule has 1 aliphatic rings. The Morgan fingerprint density at radius 3 is 2.75 bits per heavy atom. The number of nitrogen functional groups attached to an aromatic ring is 1. The second kappa shape index (κ2) is 13.7. The van der Waals surface area contributed by atoms with Gasteiger partial charge in [0.25, 0.3) is 0 Å². The number of rotatable bonds is 12. The van der Waals surface area contributed by atoms with Crippen molar-refractivity contribution >= 4 is 29.0 Å². The number of methoxy groups -OCH3 is 1. The predicted octanol–water partition coefficient (Wildman–Crippen LogP) is 3.12. The van der Waals surface area contributed by atoms with Gasteiger partial charge < -0.3 is 30.6 Å². The summed E-state index contributed by atoms with van der Waals surface area (Å²) in [4.78, 5) is 25.7. The van der Waals surface area contributed by atoms with Gasteiger partial charge in [0, 0.05) is 50.9 Å². The maximum absolute atomic E-state index is 12.1. The standard InChI is InChI=1S/C27H36N4O5/c1-4-35-24(18-32)14-23-17-31(15-19(2)29-23)16-20-6-5-7-22(12-20)30-26-9-8-21(13-25(26)28)27(33)36-11-10-34-3/h5-9,12-13,19,23,29-30H,4,10-11,14-17,28H2,1-3H3. The highest BCUT2D eigenvalue weighted by molar-refractivity contribution is 5.92. The summed E-state index contributed by atoms with van der Waals surface area (Å²) in [5.41, 5.74) is 9.81. The summed E-state index contributed by atoms with van der Waals surface area (Å²) in [5, 5.41) is 6.89. The van der Waals surface area contributed by atoms with E-state index in [1.165, 1.54) is 0 Å². The normalized spacial score (nSPS) is 17.8. The van der Waals surface area contributed by atoms with E-state index in [1.54, 1.807) is 25.3 Å². The lowest BCUT2D eigenvalue weighted by Gasteiger charge is -2.37. The van der Waals surface area contributed by atoms with Crippen molar-refractivity contribution in [3.05, 3.63) is 59.4 Å². The molecule has 1 heterocycles. The predicted molar refractivity (Wildman–Crippen MR) is 140 cm³/mol. The first-order chi connectivity index (χ1) is 17.4. The first kappa shape index (κ1) is 27.2. The molecule has 1 aliphatic heterocycles. The van der Waals surface area contributed by atoms with Gasteiger partial charge in [-0.1, -0.05) is 12.1 Å². The van der Waals surface area contributed by atoms with E-state index in [0.717, 1.165) is 30.9 Å². The number of ether oxygens (including phenoxy) is 3. The quantitative estimate of drug-likeness (QED) is 0.134. The molecule has 2 aromatic carbocycles. The summed E-state index contributed by atoms with van der Waals surface area (Å²) in [6.45, 7) is 7.47. The van der Waals surface area contributed by atoms with E-state index in [4.69, 9.17) is 19.9 Å². The van der Waals surface area contributed by atoms with Gasteiger partial charge >= 0.3 is 5.97 Å². The number of nitrogens with one attached hydrogen (secondary N) is 2. The zero-order valence-electron chi connectivity index (χ0n) is 21.2. The fourth-order valence-corrected chi connectivity index (χ4v) is 4.33. The molecule has 0 aliphatic carbocycles. The Kier molecular flexibility index (Phi) is 10.3. The van der Waals surface area contributed by atoms with Crippen molar-refractivity contribution in [2.75, 3.05) is 51.1 Å². The van der Waals surface area contributed by atoms with Crippen LogP contribution in [-0.4, -0.2) is 68.9 Å². The van der Waals surface area contributed by atoms with Gasteiger partial charge in [0.15, 0.2) is 11.7 Å². The minimum absolute atomic E-state index is 0.123. The molecule has 1 saturated heterocycles. The molecular formula is C27H36N4O5. The maximum atomic E-state index is 12.1. The molecule has 9 heteroatoms. The van der Waals surface area contributed by atoms with Crippen LogP contribution in [0.1, 0.15) is 36.2 Å². The van der Waals surface area contributed by atoms with Crippen molar-refractivity contribution in [1.82, 2.24) is 10.2 Å². The summed E-state index contributed by atoms with van der Waals surface area (Å²) < 4.78 is 15.4. The molecule has 0 spiro atoms. The molecule has 0 saturated carbocycles. The zero-order chi connectivity index (χ0) is 25.9. The first-order valence-corrected chi connectivity index (χ1v) is 12.2. The highest BCUT2D eigenvalue weighted by atomic mass is 16.6. The lowest BCUT2D eigenvalue weighted by atomic mass is 10.1. The summed E-state index contributed by atoms with van der Waals surface area (Å²) in [7, 11) is 1.55. The number of piperazine rings is 1. The highest BCUT2D eigenvalue weighted by Gasteiger charge is 2.25. The number of carbonyl (C=O) groups is 1. The van der Waals surface area contributed by atoms with Crippen LogP contribution in [0.4, 0.5) is 17.1 Å². The molecule has 9 nitrogen and oxygen atoms in total. The lowest BCUT2D eigenvalue weighted by molar-refractivity contribution is 0.0388. The van der Waals surface area contributed by atoms with Crippen molar-refractivity contribution in [3.8, 4) is 0 Å². The van der Waals surface area contributed by atoms with Crippen LogP contribution in [0.25, 0.3) is 0 Å². The van der Waals surface area contributed by atoms with E-state index >= 15 is 0 Å². The van der Waals surface area contributed by atoms with Crippen LogP contribution in [0.2, 0.25) is 0 Å². The van der Waals surface area contributed by atoms with Gasteiger partial charge in [-0.2, -0.15) is 0 Å². The van der Waals surface area contributed by atoms with Crippen molar-refractivity contribution in [3.63, 3.8) is 0 Å². The van der Waals surface area contributed by atoms with Crippen LogP contribution in [-0.2, 0) is 25.5 Å². The van der Waals surface area contributed by atoms with Gasteiger partial charge in [0.05, 0.1) is 30.2 Å². The maximum Gasteiger partial charge on any atom is 0.338 e.